The number of carboxylic acids is 1. The lowest BCUT2D eigenvalue weighted by molar-refractivity contribution is -0.137. The molecule has 2 amide bonds. The number of carboxylic acid groups (broad SMARTS) is 1. The summed E-state index contributed by atoms with van der Waals surface area (Å²) in [6.45, 7) is 12.0. The van der Waals surface area contributed by atoms with E-state index in [0.717, 1.165) is 47.1 Å². The molecular weight excluding hydrogens is 850 g/mol. The topological polar surface area (TPSA) is 151 Å². The Hall–Kier alpha value is -5.10. The maximum absolute atomic E-state index is 13.1. The van der Waals surface area contributed by atoms with Crippen molar-refractivity contribution in [3.8, 4) is 22.3 Å². The number of hydrogen-bond donors (Lipinski definition) is 2. The number of halogens is 3. The van der Waals surface area contributed by atoms with E-state index >= 15 is 0 Å². The van der Waals surface area contributed by atoms with Gasteiger partial charge in [0.2, 0.25) is 5.91 Å². The van der Waals surface area contributed by atoms with E-state index in [0.29, 0.717) is 122 Å². The number of carbonyl (C=O) groups excluding carboxylic acids is 2. The third-order valence-corrected chi connectivity index (χ3v) is 10.5. The molecule has 13 nitrogen and oxygen atoms in total. The Morgan fingerprint density at radius 1 is 0.646 bits per heavy atom. The SMILES string of the molecule is CC(C)(C)OC(=O)NCCOCCOCCOCCOCCOCCOCCC(=O)N1CCC(c2ccc(-c3cc(C(=O)O)cc4cc(-c5ccc(C(F)(F)F)cc5)ccc34)cc2)CC1. The molecule has 1 aliphatic rings. The van der Waals surface area contributed by atoms with Gasteiger partial charge in [-0.15, -0.1) is 0 Å². The lowest BCUT2D eigenvalue weighted by Gasteiger charge is -2.32. The molecule has 0 atom stereocenters. The number of nitrogens with zero attached hydrogens (tertiary/aromatic N) is 1. The first kappa shape index (κ1) is 50.9. The Morgan fingerprint density at radius 2 is 1.15 bits per heavy atom. The molecule has 5 rings (SSSR count). The monoisotopic (exact) mass is 910 g/mol. The van der Waals surface area contributed by atoms with Crippen LogP contribution in [0, 0.1) is 0 Å². The summed E-state index contributed by atoms with van der Waals surface area (Å²) < 4.78 is 77.5. The minimum absolute atomic E-state index is 0.0594. The lowest BCUT2D eigenvalue weighted by Crippen LogP contribution is -2.38. The number of alkyl carbamates (subject to hydrolysis) is 1. The number of carbonyl (C=O) groups is 3. The number of hydrogen-bond acceptors (Lipinski definition) is 10. The number of likely N-dealkylation sites (tertiary alicyclic amines) is 1. The highest BCUT2D eigenvalue weighted by molar-refractivity contribution is 6.04. The quantitative estimate of drug-likeness (QED) is 0.0616. The van der Waals surface area contributed by atoms with Crippen LogP contribution in [0.15, 0.2) is 78.9 Å². The summed E-state index contributed by atoms with van der Waals surface area (Å²) in [6, 6.07) is 21.7. The predicted molar refractivity (Wildman–Crippen MR) is 239 cm³/mol. The number of amides is 2. The molecule has 2 N–H and O–H groups in total. The van der Waals surface area contributed by atoms with Gasteiger partial charge in [0.25, 0.3) is 0 Å². The Balaban J connectivity index is 0.899. The van der Waals surface area contributed by atoms with Crippen LogP contribution in [0.4, 0.5) is 18.0 Å². The Bertz CT molecular complexity index is 2100. The fourth-order valence-electron chi connectivity index (χ4n) is 7.22. The van der Waals surface area contributed by atoms with Gasteiger partial charge in [0.1, 0.15) is 5.60 Å². The van der Waals surface area contributed by atoms with Crippen molar-refractivity contribution in [1.29, 1.82) is 0 Å². The summed E-state index contributed by atoms with van der Waals surface area (Å²) in [4.78, 5) is 38.4. The average molecular weight is 911 g/mol. The van der Waals surface area contributed by atoms with Gasteiger partial charge in [-0.3, -0.25) is 4.79 Å². The molecule has 16 heteroatoms. The van der Waals surface area contributed by atoms with Gasteiger partial charge < -0.3 is 48.5 Å². The first-order valence-corrected chi connectivity index (χ1v) is 22.0. The van der Waals surface area contributed by atoms with Gasteiger partial charge in [-0.1, -0.05) is 48.5 Å². The fourth-order valence-corrected chi connectivity index (χ4v) is 7.22. The van der Waals surface area contributed by atoms with E-state index in [4.69, 9.17) is 33.2 Å². The molecule has 65 heavy (non-hydrogen) atoms. The van der Waals surface area contributed by atoms with Crippen molar-refractivity contribution in [2.24, 2.45) is 0 Å². The van der Waals surface area contributed by atoms with Crippen molar-refractivity contribution >= 4 is 28.7 Å². The summed E-state index contributed by atoms with van der Waals surface area (Å²) >= 11 is 0. The highest BCUT2D eigenvalue weighted by Crippen LogP contribution is 2.36. The molecule has 1 fully saturated rings. The second kappa shape index (κ2) is 25.6. The Morgan fingerprint density at radius 3 is 1.68 bits per heavy atom. The van der Waals surface area contributed by atoms with Gasteiger partial charge in [0.15, 0.2) is 0 Å². The lowest BCUT2D eigenvalue weighted by atomic mass is 9.87. The Labute approximate surface area is 378 Å². The highest BCUT2D eigenvalue weighted by atomic mass is 19.4. The van der Waals surface area contributed by atoms with E-state index in [-0.39, 0.29) is 17.4 Å². The second-order valence-corrected chi connectivity index (χ2v) is 16.5. The molecule has 1 heterocycles. The number of nitrogens with one attached hydrogen (secondary N) is 1. The summed E-state index contributed by atoms with van der Waals surface area (Å²) in [6.07, 6.45) is -2.96. The molecule has 354 valence electrons. The van der Waals surface area contributed by atoms with E-state index in [9.17, 15) is 32.7 Å². The highest BCUT2D eigenvalue weighted by Gasteiger charge is 2.30. The molecule has 0 spiro atoms. The number of ether oxygens (including phenoxy) is 7. The molecule has 0 aromatic heterocycles. The predicted octanol–water partition coefficient (Wildman–Crippen LogP) is 8.61. The third-order valence-electron chi connectivity index (χ3n) is 10.5. The van der Waals surface area contributed by atoms with Crippen LogP contribution in [0.5, 0.6) is 0 Å². The molecule has 1 saturated heterocycles. The summed E-state index contributed by atoms with van der Waals surface area (Å²) in [5.41, 5.74) is 2.86. The zero-order valence-corrected chi connectivity index (χ0v) is 37.4. The molecule has 4 aromatic carbocycles. The maximum Gasteiger partial charge on any atom is 0.416 e. The van der Waals surface area contributed by atoms with Gasteiger partial charge in [0, 0.05) is 19.6 Å². The van der Waals surface area contributed by atoms with E-state index < -0.39 is 29.4 Å². The smallest absolute Gasteiger partial charge is 0.416 e. The zero-order chi connectivity index (χ0) is 46.7. The maximum atomic E-state index is 13.1. The van der Waals surface area contributed by atoms with Crippen LogP contribution in [0.2, 0.25) is 0 Å². The van der Waals surface area contributed by atoms with Crippen LogP contribution in [0.3, 0.4) is 0 Å². The minimum Gasteiger partial charge on any atom is -0.478 e. The standard InChI is InChI=1S/C49H61F3N2O11/c1-48(2,3)65-47(58)53-17-21-60-23-25-62-27-29-64-31-30-63-28-26-61-24-22-59-20-16-45(55)54-18-14-37(15-19-54)35-4-6-38(7-5-35)44-34-41(46(56)57)33-40-32-39(10-13-43(40)44)36-8-11-42(12-9-36)49(50,51)52/h4-13,32-34,37H,14-31H2,1-3H3,(H,53,58)(H,56,57). The van der Waals surface area contributed by atoms with Gasteiger partial charge in [-0.25, -0.2) is 9.59 Å². The van der Waals surface area contributed by atoms with Gasteiger partial charge in [-0.05, 0) is 108 Å². The van der Waals surface area contributed by atoms with E-state index in [1.807, 2.05) is 29.2 Å². The molecule has 0 bridgehead atoms. The molecule has 0 saturated carbocycles. The molecular formula is C49H61F3N2O11. The number of alkyl halides is 3. The summed E-state index contributed by atoms with van der Waals surface area (Å²) in [5.74, 6) is -0.742. The van der Waals surface area contributed by atoms with Crippen molar-refractivity contribution in [1.82, 2.24) is 10.2 Å². The van der Waals surface area contributed by atoms with E-state index in [1.165, 1.54) is 12.1 Å². The number of benzene rings is 4. The molecule has 4 aromatic rings. The normalized spacial score (nSPS) is 13.6. The fraction of sp³-hybridized carbons (Fsp3) is 0.490. The number of rotatable bonds is 25. The van der Waals surface area contributed by atoms with Crippen molar-refractivity contribution < 1.29 is 65.8 Å². The van der Waals surface area contributed by atoms with E-state index in [2.05, 4.69) is 17.4 Å². The molecule has 1 aliphatic heterocycles. The van der Waals surface area contributed by atoms with Gasteiger partial charge in [-0.2, -0.15) is 13.2 Å². The van der Waals surface area contributed by atoms with Crippen molar-refractivity contribution in [2.45, 2.75) is 57.7 Å². The summed E-state index contributed by atoms with van der Waals surface area (Å²) in [5, 5.41) is 14.0. The third kappa shape index (κ3) is 17.3. The largest absolute Gasteiger partial charge is 0.478 e. The van der Waals surface area contributed by atoms with Gasteiger partial charge >= 0.3 is 18.2 Å². The second-order valence-electron chi connectivity index (χ2n) is 16.5. The number of piperidine rings is 1. The molecule has 0 aliphatic carbocycles. The number of fused-ring (bicyclic) bond motifs is 1. The van der Waals surface area contributed by atoms with Crippen LogP contribution in [-0.4, -0.2) is 132 Å². The van der Waals surface area contributed by atoms with Gasteiger partial charge in [0.05, 0.1) is 96.8 Å². The first-order valence-electron chi connectivity index (χ1n) is 22.0. The summed E-state index contributed by atoms with van der Waals surface area (Å²) in [7, 11) is 0. The van der Waals surface area contributed by atoms with Crippen LogP contribution in [0.25, 0.3) is 33.0 Å². The van der Waals surface area contributed by atoms with Crippen LogP contribution in [0.1, 0.15) is 67.4 Å². The van der Waals surface area contributed by atoms with E-state index in [1.54, 1.807) is 39.0 Å². The van der Waals surface area contributed by atoms with Crippen LogP contribution < -0.4 is 5.32 Å². The van der Waals surface area contributed by atoms with Crippen LogP contribution >= 0.6 is 0 Å². The Kier molecular flexibility index (Phi) is 20.0. The zero-order valence-electron chi connectivity index (χ0n) is 37.4. The van der Waals surface area contributed by atoms with Crippen molar-refractivity contribution in [3.05, 3.63) is 95.6 Å². The van der Waals surface area contributed by atoms with Crippen LogP contribution in [-0.2, 0) is 44.1 Å². The minimum atomic E-state index is -4.43. The molecule has 0 radical (unpaired) electrons. The first-order chi connectivity index (χ1) is 31.2. The van der Waals surface area contributed by atoms with Crippen molar-refractivity contribution in [2.75, 3.05) is 98.9 Å². The number of aromatic carboxylic acids is 1. The average Bonchev–Trinajstić information content (AvgIpc) is 3.28. The molecule has 0 unspecified atom stereocenters. The van der Waals surface area contributed by atoms with Crippen molar-refractivity contribution in [3.63, 3.8) is 0 Å².